The first-order valence-electron chi connectivity index (χ1n) is 14.1. The predicted octanol–water partition coefficient (Wildman–Crippen LogP) is 4.77. The van der Waals surface area contributed by atoms with Crippen LogP contribution in [0.25, 0.3) is 0 Å². The highest BCUT2D eigenvalue weighted by Crippen LogP contribution is 2.41. The van der Waals surface area contributed by atoms with E-state index in [-0.39, 0.29) is 30.6 Å². The number of rotatable bonds is 7. The van der Waals surface area contributed by atoms with E-state index in [1.807, 2.05) is 4.81 Å². The fourth-order valence-corrected chi connectivity index (χ4v) is 6.31. The summed E-state index contributed by atoms with van der Waals surface area (Å²) >= 11 is 0. The van der Waals surface area contributed by atoms with Crippen LogP contribution >= 0.6 is 0 Å². The van der Waals surface area contributed by atoms with Gasteiger partial charge in [0.05, 0.1) is 24.0 Å². The van der Waals surface area contributed by atoms with E-state index in [4.69, 9.17) is 4.74 Å². The highest BCUT2D eigenvalue weighted by atomic mass is 19.4. The number of carbonyl (C=O) groups is 1. The summed E-state index contributed by atoms with van der Waals surface area (Å²) in [5, 5.41) is 17.4. The number of aromatic nitrogens is 6. The quantitative estimate of drug-likeness (QED) is 0.229. The van der Waals surface area contributed by atoms with E-state index < -0.39 is 23.5 Å². The average molecular weight is 572 g/mol. The Balaban J connectivity index is 1.09. The second kappa shape index (κ2) is 11.2. The van der Waals surface area contributed by atoms with Gasteiger partial charge in [0.2, 0.25) is 0 Å². The minimum Gasteiger partial charge on any atom is -0.482 e. The maximum Gasteiger partial charge on any atom is 0.416 e. The SMILES string of the molecule is O=C[B]N1CCC(F)(c2cn(C3CCC(c4nnc5n4CCCC5Oc4cccc(C(F)(F)F)c4)CC3)nn2)CC1. The Morgan fingerprint density at radius 2 is 1.76 bits per heavy atom. The summed E-state index contributed by atoms with van der Waals surface area (Å²) in [5.41, 5.74) is -1.94. The van der Waals surface area contributed by atoms with Crippen LogP contribution in [0.1, 0.15) is 92.3 Å². The summed E-state index contributed by atoms with van der Waals surface area (Å²) in [4.78, 5) is 12.5. The minimum absolute atomic E-state index is 0.111. The van der Waals surface area contributed by atoms with Crippen molar-refractivity contribution < 1.29 is 27.1 Å². The number of carbonyl (C=O) groups excluding carboxylic acids is 1. The Morgan fingerprint density at radius 1 is 1.00 bits per heavy atom. The van der Waals surface area contributed by atoms with Crippen LogP contribution in [0, 0.1) is 0 Å². The summed E-state index contributed by atoms with van der Waals surface area (Å²) < 4.78 is 64.9. The Morgan fingerprint density at radius 3 is 2.49 bits per heavy atom. The third-order valence-corrected chi connectivity index (χ3v) is 8.65. The Hall–Kier alpha value is -3.29. The van der Waals surface area contributed by atoms with Crippen molar-refractivity contribution in [1.82, 2.24) is 34.6 Å². The Kier molecular flexibility index (Phi) is 7.60. The number of fused-ring (bicyclic) bond motifs is 1. The first kappa shape index (κ1) is 27.9. The molecule has 0 spiro atoms. The van der Waals surface area contributed by atoms with Gasteiger partial charge >= 0.3 is 6.18 Å². The van der Waals surface area contributed by atoms with Gasteiger partial charge in [-0.3, -0.25) is 0 Å². The van der Waals surface area contributed by atoms with Crippen molar-refractivity contribution in [2.45, 2.75) is 87.8 Å². The Labute approximate surface area is 235 Å². The molecule has 1 atom stereocenters. The standard InChI is InChI=1S/C27H31BF4N7O2/c29-26(10-13-37(14-11-26)28-17-40)23-16-39(36-33-23)20-8-6-18(7-9-20)24-34-35-25-22(5-2-12-38(24)25)41-21-4-1-3-19(15-21)27(30,31)32/h1,3-4,15-18,20,22H,2,5-14H2. The first-order chi connectivity index (χ1) is 19.7. The number of halogens is 4. The summed E-state index contributed by atoms with van der Waals surface area (Å²) in [6.07, 6.45) is 2.93. The highest BCUT2D eigenvalue weighted by Gasteiger charge is 2.40. The molecule has 14 heteroatoms. The molecule has 1 saturated heterocycles. The van der Waals surface area contributed by atoms with Crippen molar-refractivity contribution in [2.75, 3.05) is 13.1 Å². The molecule has 4 heterocycles. The van der Waals surface area contributed by atoms with Crippen molar-refractivity contribution in [3.8, 4) is 5.75 Å². The second-order valence-electron chi connectivity index (χ2n) is 11.2. The van der Waals surface area contributed by atoms with Crippen LogP contribution < -0.4 is 4.74 Å². The third kappa shape index (κ3) is 5.75. The van der Waals surface area contributed by atoms with Gasteiger partial charge in [-0.05, 0) is 82.7 Å². The Bertz CT molecular complexity index is 1360. The maximum atomic E-state index is 15.6. The normalized spacial score (nSPS) is 24.9. The average Bonchev–Trinajstić information content (AvgIpc) is 3.64. The van der Waals surface area contributed by atoms with Gasteiger partial charge < -0.3 is 18.9 Å². The molecular weight excluding hydrogens is 541 g/mol. The molecule has 1 saturated carbocycles. The zero-order valence-electron chi connectivity index (χ0n) is 22.5. The topological polar surface area (TPSA) is 91.0 Å². The van der Waals surface area contributed by atoms with Gasteiger partial charge in [0.15, 0.2) is 17.6 Å². The van der Waals surface area contributed by atoms with Crippen molar-refractivity contribution >= 4 is 13.6 Å². The summed E-state index contributed by atoms with van der Waals surface area (Å²) in [5.74, 6) is 1.89. The zero-order valence-corrected chi connectivity index (χ0v) is 22.5. The molecule has 0 amide bonds. The predicted molar refractivity (Wildman–Crippen MR) is 140 cm³/mol. The molecule has 2 aliphatic heterocycles. The number of piperidine rings is 1. The fraction of sp³-hybridized carbons (Fsp3) is 0.593. The fourth-order valence-electron chi connectivity index (χ4n) is 6.31. The number of nitrogens with zero attached hydrogens (tertiary/aromatic N) is 7. The minimum atomic E-state index is -4.44. The molecule has 1 aromatic carbocycles. The van der Waals surface area contributed by atoms with E-state index in [2.05, 4.69) is 25.1 Å². The third-order valence-electron chi connectivity index (χ3n) is 8.65. The van der Waals surface area contributed by atoms with E-state index in [1.54, 1.807) is 10.9 Å². The van der Waals surface area contributed by atoms with Gasteiger partial charge in [0, 0.05) is 12.5 Å². The van der Waals surface area contributed by atoms with E-state index in [9.17, 15) is 18.0 Å². The zero-order chi connectivity index (χ0) is 28.6. The van der Waals surface area contributed by atoms with Crippen LogP contribution in [-0.4, -0.2) is 61.3 Å². The number of hydrogen-bond donors (Lipinski definition) is 0. The maximum absolute atomic E-state index is 15.6. The van der Waals surface area contributed by atoms with Crippen molar-refractivity contribution in [3.05, 3.63) is 53.4 Å². The molecule has 0 N–H and O–H groups in total. The van der Waals surface area contributed by atoms with Gasteiger partial charge in [0.25, 0.3) is 7.41 Å². The number of ether oxygens (including phenoxy) is 1. The molecular formula is C27H31BF4N7O2. The van der Waals surface area contributed by atoms with Gasteiger partial charge in [-0.15, -0.1) is 15.3 Å². The number of alkyl halides is 4. The molecule has 1 radical (unpaired) electrons. The molecule has 217 valence electrons. The first-order valence-corrected chi connectivity index (χ1v) is 14.1. The number of benzene rings is 1. The van der Waals surface area contributed by atoms with E-state index in [1.165, 1.54) is 19.5 Å². The molecule has 9 nitrogen and oxygen atoms in total. The summed E-state index contributed by atoms with van der Waals surface area (Å²) in [7, 11) is 1.45. The molecule has 0 bridgehead atoms. The van der Waals surface area contributed by atoms with Crippen LogP contribution in [0.4, 0.5) is 17.6 Å². The van der Waals surface area contributed by atoms with Gasteiger partial charge in [-0.1, -0.05) is 11.3 Å². The van der Waals surface area contributed by atoms with Crippen LogP contribution in [0.5, 0.6) is 5.75 Å². The van der Waals surface area contributed by atoms with E-state index >= 15 is 4.39 Å². The molecule has 3 aliphatic rings. The van der Waals surface area contributed by atoms with Crippen molar-refractivity contribution in [1.29, 1.82) is 0 Å². The number of hydrogen-bond acceptors (Lipinski definition) is 7. The largest absolute Gasteiger partial charge is 0.482 e. The van der Waals surface area contributed by atoms with Gasteiger partial charge in [-0.25, -0.2) is 9.07 Å². The molecule has 2 aromatic heterocycles. The van der Waals surface area contributed by atoms with Crippen LogP contribution in [-0.2, 0) is 23.2 Å². The molecule has 41 heavy (non-hydrogen) atoms. The van der Waals surface area contributed by atoms with Crippen LogP contribution in [0.15, 0.2) is 30.5 Å². The highest BCUT2D eigenvalue weighted by molar-refractivity contribution is 6.64. The van der Waals surface area contributed by atoms with Crippen molar-refractivity contribution in [2.24, 2.45) is 0 Å². The van der Waals surface area contributed by atoms with E-state index in [0.717, 1.165) is 62.8 Å². The molecule has 2 fully saturated rings. The lowest BCUT2D eigenvalue weighted by molar-refractivity contribution is -0.137. The van der Waals surface area contributed by atoms with E-state index in [0.29, 0.717) is 31.0 Å². The molecule has 1 unspecified atom stereocenters. The lowest BCUT2D eigenvalue weighted by Gasteiger charge is -2.34. The monoisotopic (exact) mass is 572 g/mol. The lowest BCUT2D eigenvalue weighted by atomic mass is 9.84. The van der Waals surface area contributed by atoms with Gasteiger partial charge in [0.1, 0.15) is 17.3 Å². The van der Waals surface area contributed by atoms with Crippen LogP contribution in [0.2, 0.25) is 0 Å². The van der Waals surface area contributed by atoms with Crippen molar-refractivity contribution in [3.63, 3.8) is 0 Å². The molecule has 6 rings (SSSR count). The second-order valence-corrected chi connectivity index (χ2v) is 11.2. The van der Waals surface area contributed by atoms with Crippen LogP contribution in [0.3, 0.4) is 0 Å². The smallest absolute Gasteiger partial charge is 0.416 e. The summed E-state index contributed by atoms with van der Waals surface area (Å²) in [6.45, 7) is 1.66. The molecule has 1 aliphatic carbocycles. The lowest BCUT2D eigenvalue weighted by Crippen LogP contribution is -2.42. The van der Waals surface area contributed by atoms with Gasteiger partial charge in [-0.2, -0.15) is 13.2 Å². The summed E-state index contributed by atoms with van der Waals surface area (Å²) in [6, 6.07) is 5.04. The molecule has 3 aromatic rings.